The first-order chi connectivity index (χ1) is 15.1. The van der Waals surface area contributed by atoms with E-state index in [0.717, 1.165) is 11.1 Å². The average molecular weight is 456 g/mol. The van der Waals surface area contributed by atoms with Gasteiger partial charge in [0.05, 0.1) is 17.1 Å². The predicted octanol–water partition coefficient (Wildman–Crippen LogP) is 4.14. The van der Waals surface area contributed by atoms with Crippen LogP contribution in [0, 0.1) is 12.7 Å². The average Bonchev–Trinajstić information content (AvgIpc) is 2.74. The molecule has 0 radical (unpaired) electrons. The predicted molar refractivity (Wildman–Crippen MR) is 118 cm³/mol. The molecular weight excluding hydrogens is 437 g/mol. The number of benzene rings is 2. The molecule has 164 valence electrons. The molecule has 2 aromatic carbocycles. The van der Waals surface area contributed by atoms with Crippen LogP contribution < -0.4 is 5.56 Å². The molecule has 1 aromatic heterocycles. The quantitative estimate of drug-likeness (QED) is 0.317. The number of pyridine rings is 1. The van der Waals surface area contributed by atoms with Crippen LogP contribution in [0.3, 0.4) is 0 Å². The van der Waals surface area contributed by atoms with Gasteiger partial charge in [0.25, 0.3) is 11.3 Å². The number of rotatable bonds is 7. The Morgan fingerprint density at radius 3 is 2.31 bits per heavy atom. The van der Waals surface area contributed by atoms with Crippen LogP contribution in [0.2, 0.25) is 5.02 Å². The number of aliphatic hydroxyl groups is 1. The molecule has 0 amide bonds. The minimum absolute atomic E-state index is 0.0505. The second-order valence-corrected chi connectivity index (χ2v) is 7.71. The molecule has 1 heterocycles. The summed E-state index contributed by atoms with van der Waals surface area (Å²) in [5.74, 6) is -4.43. The zero-order chi connectivity index (χ0) is 23.4. The van der Waals surface area contributed by atoms with E-state index >= 15 is 0 Å². The second kappa shape index (κ2) is 9.62. The highest BCUT2D eigenvalue weighted by Gasteiger charge is 2.16. The van der Waals surface area contributed by atoms with Gasteiger partial charge in [-0.2, -0.15) is 0 Å². The Kier molecular flexibility index (Phi) is 6.90. The first kappa shape index (κ1) is 23.0. The number of carboxylic acids is 1. The van der Waals surface area contributed by atoms with Crippen molar-refractivity contribution in [1.29, 1.82) is 0 Å². The Hall–Kier alpha value is -3.71. The fourth-order valence-corrected chi connectivity index (χ4v) is 3.34. The number of carboxylic acid groups (broad SMARTS) is 1. The van der Waals surface area contributed by atoms with Crippen molar-refractivity contribution in [3.8, 4) is 0 Å². The van der Waals surface area contributed by atoms with Crippen molar-refractivity contribution < 1.29 is 24.2 Å². The SMILES string of the molecule is Cc1ccc(Cn2cc(Cc3ccc(F)c(Cl)c3)cc(C(O)=CC(=O)C(=O)O)c2=O)cc1. The van der Waals surface area contributed by atoms with Crippen LogP contribution in [-0.2, 0) is 22.6 Å². The van der Waals surface area contributed by atoms with Gasteiger partial charge in [0.15, 0.2) is 0 Å². The molecular formula is C24H19ClFNO5. The molecule has 0 atom stereocenters. The lowest BCUT2D eigenvalue weighted by atomic mass is 10.0. The third-order valence-corrected chi connectivity index (χ3v) is 5.05. The fraction of sp³-hybridized carbons (Fsp3) is 0.125. The van der Waals surface area contributed by atoms with E-state index in [2.05, 4.69) is 0 Å². The van der Waals surface area contributed by atoms with Crippen molar-refractivity contribution in [2.75, 3.05) is 0 Å². The van der Waals surface area contributed by atoms with E-state index < -0.39 is 28.9 Å². The van der Waals surface area contributed by atoms with E-state index in [1.165, 1.54) is 22.8 Å². The van der Waals surface area contributed by atoms with E-state index in [-0.39, 0.29) is 23.6 Å². The maximum atomic E-state index is 13.5. The standard InChI is InChI=1S/C24H19ClFNO5/c1-14-2-4-15(5-3-14)12-27-13-17(8-16-6-7-20(26)19(25)10-16)9-18(23(27)30)21(28)11-22(29)24(31)32/h2-7,9-11,13,28H,8,12H2,1H3,(H,31,32). The largest absolute Gasteiger partial charge is 0.507 e. The summed E-state index contributed by atoms with van der Waals surface area (Å²) in [5, 5.41) is 19.0. The van der Waals surface area contributed by atoms with E-state index in [0.29, 0.717) is 17.2 Å². The topological polar surface area (TPSA) is 96.6 Å². The first-order valence-corrected chi connectivity index (χ1v) is 9.93. The Morgan fingerprint density at radius 1 is 1.03 bits per heavy atom. The summed E-state index contributed by atoms with van der Waals surface area (Å²) in [5.41, 5.74) is 2.29. The smallest absolute Gasteiger partial charge is 0.376 e. The number of halogens is 2. The van der Waals surface area contributed by atoms with Gasteiger partial charge in [0.2, 0.25) is 0 Å². The van der Waals surface area contributed by atoms with Crippen LogP contribution in [0.1, 0.15) is 27.8 Å². The maximum absolute atomic E-state index is 13.5. The van der Waals surface area contributed by atoms with Gasteiger partial charge < -0.3 is 14.8 Å². The van der Waals surface area contributed by atoms with Crippen LogP contribution in [0.25, 0.3) is 5.76 Å². The third-order valence-electron chi connectivity index (χ3n) is 4.76. The van der Waals surface area contributed by atoms with Gasteiger partial charge in [-0.1, -0.05) is 47.5 Å². The number of carbonyl (C=O) groups is 2. The number of aliphatic carboxylic acids is 1. The number of aryl methyl sites for hydroxylation is 1. The molecule has 0 bridgehead atoms. The summed E-state index contributed by atoms with van der Waals surface area (Å²) >= 11 is 5.85. The van der Waals surface area contributed by atoms with Gasteiger partial charge in [-0.05, 0) is 48.2 Å². The van der Waals surface area contributed by atoms with Crippen molar-refractivity contribution in [3.63, 3.8) is 0 Å². The fourth-order valence-electron chi connectivity index (χ4n) is 3.13. The number of aromatic nitrogens is 1. The number of aliphatic hydroxyl groups excluding tert-OH is 1. The molecule has 32 heavy (non-hydrogen) atoms. The summed E-state index contributed by atoms with van der Waals surface area (Å²) in [4.78, 5) is 35.3. The molecule has 0 unspecified atom stereocenters. The Balaban J connectivity index is 2.08. The van der Waals surface area contributed by atoms with Gasteiger partial charge in [0, 0.05) is 12.3 Å². The van der Waals surface area contributed by atoms with Crippen LogP contribution in [0.15, 0.2) is 65.6 Å². The van der Waals surface area contributed by atoms with E-state index in [9.17, 15) is 23.9 Å². The lowest BCUT2D eigenvalue weighted by molar-refractivity contribution is -0.146. The summed E-state index contributed by atoms with van der Waals surface area (Å²) in [6, 6.07) is 13.1. The zero-order valence-electron chi connectivity index (χ0n) is 17.0. The van der Waals surface area contributed by atoms with Crippen molar-refractivity contribution in [2.24, 2.45) is 0 Å². The van der Waals surface area contributed by atoms with Gasteiger partial charge in [-0.15, -0.1) is 0 Å². The lowest BCUT2D eigenvalue weighted by Crippen LogP contribution is -2.25. The van der Waals surface area contributed by atoms with Crippen molar-refractivity contribution in [2.45, 2.75) is 19.9 Å². The van der Waals surface area contributed by atoms with Crippen LogP contribution in [-0.4, -0.2) is 26.5 Å². The summed E-state index contributed by atoms with van der Waals surface area (Å²) in [7, 11) is 0. The van der Waals surface area contributed by atoms with Gasteiger partial charge >= 0.3 is 5.97 Å². The Bertz CT molecular complexity index is 1280. The Morgan fingerprint density at radius 2 is 1.69 bits per heavy atom. The van der Waals surface area contributed by atoms with Crippen LogP contribution in [0.4, 0.5) is 4.39 Å². The molecule has 0 spiro atoms. The van der Waals surface area contributed by atoms with Crippen LogP contribution in [0.5, 0.6) is 0 Å². The van der Waals surface area contributed by atoms with Gasteiger partial charge in [0.1, 0.15) is 11.6 Å². The molecule has 0 fully saturated rings. The van der Waals surface area contributed by atoms with E-state index in [1.54, 1.807) is 12.3 Å². The molecule has 8 heteroatoms. The highest BCUT2D eigenvalue weighted by Crippen LogP contribution is 2.20. The molecule has 2 N–H and O–H groups in total. The van der Waals surface area contributed by atoms with Crippen molar-refractivity contribution >= 4 is 29.1 Å². The number of hydrogen-bond acceptors (Lipinski definition) is 4. The molecule has 0 saturated carbocycles. The number of ketones is 1. The number of carbonyl (C=O) groups excluding carboxylic acids is 1. The van der Waals surface area contributed by atoms with Crippen molar-refractivity contribution in [3.05, 3.63) is 110 Å². The van der Waals surface area contributed by atoms with E-state index in [4.69, 9.17) is 16.7 Å². The van der Waals surface area contributed by atoms with Crippen molar-refractivity contribution in [1.82, 2.24) is 4.57 Å². The molecule has 0 aliphatic rings. The van der Waals surface area contributed by atoms with Crippen LogP contribution >= 0.6 is 11.6 Å². The summed E-state index contributed by atoms with van der Waals surface area (Å²) in [6.07, 6.45) is 2.34. The molecule has 3 rings (SSSR count). The summed E-state index contributed by atoms with van der Waals surface area (Å²) < 4.78 is 14.8. The molecule has 0 saturated heterocycles. The van der Waals surface area contributed by atoms with Gasteiger partial charge in [-0.25, -0.2) is 9.18 Å². The highest BCUT2D eigenvalue weighted by atomic mass is 35.5. The van der Waals surface area contributed by atoms with Gasteiger partial charge in [-0.3, -0.25) is 9.59 Å². The molecule has 0 aliphatic carbocycles. The monoisotopic (exact) mass is 455 g/mol. The lowest BCUT2D eigenvalue weighted by Gasteiger charge is -2.13. The second-order valence-electron chi connectivity index (χ2n) is 7.30. The zero-order valence-corrected chi connectivity index (χ0v) is 17.8. The molecule has 3 aromatic rings. The number of hydrogen-bond donors (Lipinski definition) is 2. The molecule has 6 nitrogen and oxygen atoms in total. The highest BCUT2D eigenvalue weighted by molar-refractivity contribution is 6.38. The minimum Gasteiger partial charge on any atom is -0.507 e. The molecule has 0 aliphatic heterocycles. The maximum Gasteiger partial charge on any atom is 0.376 e. The normalized spacial score (nSPS) is 11.4. The first-order valence-electron chi connectivity index (χ1n) is 9.55. The van der Waals surface area contributed by atoms with E-state index in [1.807, 2.05) is 31.2 Å². The minimum atomic E-state index is -1.76. The number of nitrogens with zero attached hydrogens (tertiary/aromatic N) is 1. The summed E-state index contributed by atoms with van der Waals surface area (Å²) in [6.45, 7) is 2.12. The Labute approximate surface area is 187 Å². The third kappa shape index (κ3) is 5.50.